The van der Waals surface area contributed by atoms with Crippen LogP contribution in [-0.4, -0.2) is 8.75 Å². The van der Waals surface area contributed by atoms with Gasteiger partial charge in [-0.15, -0.1) is 22.7 Å². The van der Waals surface area contributed by atoms with Crippen LogP contribution in [0.1, 0.15) is 11.1 Å². The molecule has 1 aliphatic heterocycles. The fourth-order valence-electron chi connectivity index (χ4n) is 4.85. The third-order valence-corrected chi connectivity index (χ3v) is 9.95. The van der Waals surface area contributed by atoms with Crippen LogP contribution >= 0.6 is 34.4 Å². The van der Waals surface area contributed by atoms with Gasteiger partial charge in [0, 0.05) is 41.8 Å². The number of benzene rings is 3. The van der Waals surface area contributed by atoms with Gasteiger partial charge in [0.1, 0.15) is 22.4 Å². The van der Waals surface area contributed by atoms with Crippen LogP contribution in [0.25, 0.3) is 52.8 Å². The molecular weight excluding hydrogens is 635 g/mol. The Balaban J connectivity index is 1.37. The van der Waals surface area contributed by atoms with Crippen molar-refractivity contribution in [3.63, 3.8) is 0 Å². The highest BCUT2D eigenvalue weighted by Crippen LogP contribution is 2.55. The topological polar surface area (TPSA) is 50.5 Å². The molecule has 0 aliphatic carbocycles. The molecule has 210 valence electrons. The minimum atomic E-state index is -4.51. The molecule has 7 rings (SSSR count). The maximum absolute atomic E-state index is 13.7. The van der Waals surface area contributed by atoms with Gasteiger partial charge in [-0.1, -0.05) is 36.4 Å². The van der Waals surface area contributed by atoms with Gasteiger partial charge in [-0.05, 0) is 36.4 Å². The normalized spacial score (nSPS) is 13.1. The third kappa shape index (κ3) is 4.49. The molecule has 0 bridgehead atoms. The Bertz CT molecular complexity index is 1940. The van der Waals surface area contributed by atoms with Crippen molar-refractivity contribution in [1.82, 2.24) is 8.75 Å². The summed E-state index contributed by atoms with van der Waals surface area (Å²) in [7, 11) is 0. The van der Waals surface area contributed by atoms with Gasteiger partial charge in [-0.3, -0.25) is 0 Å². The average molecular weight is 647 g/mol. The molecule has 6 aromatic rings. The molecule has 1 aliphatic rings. The minimum absolute atomic E-state index is 0.0726. The molecule has 0 atom stereocenters. The van der Waals surface area contributed by atoms with Crippen molar-refractivity contribution in [2.75, 3.05) is 0 Å². The molecule has 0 unspecified atom stereocenters. The van der Waals surface area contributed by atoms with Gasteiger partial charge in [-0.25, -0.2) is 0 Å². The second kappa shape index (κ2) is 9.93. The van der Waals surface area contributed by atoms with Crippen LogP contribution in [-0.2, 0) is 23.7 Å². The average Bonchev–Trinajstić information content (AvgIpc) is 3.77. The van der Waals surface area contributed by atoms with Crippen LogP contribution in [0, 0.1) is 0 Å². The van der Waals surface area contributed by atoms with E-state index >= 15 is 0 Å². The van der Waals surface area contributed by atoms with Crippen molar-refractivity contribution in [3.8, 4) is 41.8 Å². The fourth-order valence-corrected chi connectivity index (χ4v) is 8.15. The van der Waals surface area contributed by atoms with Crippen molar-refractivity contribution in [2.45, 2.75) is 12.4 Å². The quantitative estimate of drug-likeness (QED) is 0.179. The van der Waals surface area contributed by atoms with E-state index in [2.05, 4.69) is 17.5 Å². The van der Waals surface area contributed by atoms with E-state index in [0.717, 1.165) is 35.2 Å². The molecule has 14 heteroatoms. The van der Waals surface area contributed by atoms with Crippen molar-refractivity contribution in [3.05, 3.63) is 83.9 Å². The van der Waals surface area contributed by atoms with E-state index in [1.54, 1.807) is 36.4 Å². The van der Waals surface area contributed by atoms with Gasteiger partial charge in [0.15, 0.2) is 0 Å². The molecule has 3 aromatic carbocycles. The van der Waals surface area contributed by atoms with Gasteiger partial charge >= 0.3 is 12.4 Å². The van der Waals surface area contributed by atoms with Crippen molar-refractivity contribution >= 4 is 68.2 Å². The molecule has 0 saturated heterocycles. The molecule has 4 nitrogen and oxygen atoms in total. The van der Waals surface area contributed by atoms with Crippen molar-refractivity contribution in [1.29, 1.82) is 0 Å². The van der Waals surface area contributed by atoms with E-state index in [0.29, 0.717) is 53.0 Å². The molecule has 0 amide bonds. The van der Waals surface area contributed by atoms with Crippen LogP contribution in [0.4, 0.5) is 37.7 Å². The Morgan fingerprint density at radius 2 is 0.905 bits per heavy atom. The Labute approximate surface area is 249 Å². The zero-order valence-electron chi connectivity index (χ0n) is 20.6. The second-order valence-corrected chi connectivity index (χ2v) is 12.3. The number of halogens is 6. The minimum Gasteiger partial charge on any atom is -0.172 e. The number of nitrogens with zero attached hydrogens (tertiary/aromatic N) is 4. The molecule has 0 saturated carbocycles. The molecular formula is C28H12F6N4S4. The molecule has 4 heterocycles. The molecule has 3 aromatic heterocycles. The zero-order chi connectivity index (χ0) is 29.2. The van der Waals surface area contributed by atoms with E-state index < -0.39 is 23.5 Å². The van der Waals surface area contributed by atoms with Crippen LogP contribution < -0.4 is 0 Å². The first-order valence-corrected chi connectivity index (χ1v) is 15.1. The second-order valence-electron chi connectivity index (χ2n) is 9.09. The van der Waals surface area contributed by atoms with Gasteiger partial charge in [0.25, 0.3) is 0 Å². The number of aromatic nitrogens is 2. The lowest BCUT2D eigenvalue weighted by Crippen LogP contribution is -2.06. The molecule has 42 heavy (non-hydrogen) atoms. The lowest BCUT2D eigenvalue weighted by atomic mass is 10.0. The van der Waals surface area contributed by atoms with Gasteiger partial charge in [0.2, 0.25) is 0 Å². The monoisotopic (exact) mass is 646 g/mol. The van der Waals surface area contributed by atoms with E-state index in [4.69, 9.17) is 0 Å². The van der Waals surface area contributed by atoms with Gasteiger partial charge in [-0.2, -0.15) is 43.8 Å². The highest BCUT2D eigenvalue weighted by Gasteiger charge is 2.35. The van der Waals surface area contributed by atoms with E-state index in [1.165, 1.54) is 46.9 Å². The number of hydrogen-bond acceptors (Lipinski definition) is 7. The number of hydrogen-bond donors (Lipinski definition) is 0. The Morgan fingerprint density at radius 3 is 1.33 bits per heavy atom. The van der Waals surface area contributed by atoms with Crippen LogP contribution in [0.2, 0.25) is 0 Å². The van der Waals surface area contributed by atoms with E-state index in [1.807, 2.05) is 0 Å². The summed E-state index contributed by atoms with van der Waals surface area (Å²) in [5.41, 5.74) is 1.89. The lowest BCUT2D eigenvalue weighted by molar-refractivity contribution is -0.137. The first-order chi connectivity index (χ1) is 20.1. The summed E-state index contributed by atoms with van der Waals surface area (Å²) in [6.45, 7) is 0. The predicted octanol–water partition coefficient (Wildman–Crippen LogP) is 11.2. The van der Waals surface area contributed by atoms with Crippen LogP contribution in [0.5, 0.6) is 0 Å². The molecule has 0 N–H and O–H groups in total. The maximum atomic E-state index is 13.7. The third-order valence-electron chi connectivity index (χ3n) is 6.62. The molecule has 0 radical (unpaired) electrons. The summed E-state index contributed by atoms with van der Waals surface area (Å²) >= 11 is 4.29. The zero-order valence-corrected chi connectivity index (χ0v) is 23.9. The summed E-state index contributed by atoms with van der Waals surface area (Å²) in [6, 6.07) is 17.6. The number of rotatable bonds is 4. The van der Waals surface area contributed by atoms with Crippen LogP contribution in [0.15, 0.2) is 81.5 Å². The van der Waals surface area contributed by atoms with E-state index in [-0.39, 0.29) is 11.1 Å². The summed E-state index contributed by atoms with van der Waals surface area (Å²) in [4.78, 5) is 2.16. The summed E-state index contributed by atoms with van der Waals surface area (Å²) in [5, 5.41) is 0. The first kappa shape index (κ1) is 27.1. The highest BCUT2D eigenvalue weighted by molar-refractivity contribution is 7.58. The SMILES string of the molecule is FC(F)(F)c1ccccc1-c1ccc(-c2c3c(c(-c4ccc(-c5ccccc5C(F)(F)F)s4)c4nsnc24)N=S=N3)s1. The summed E-state index contributed by atoms with van der Waals surface area (Å²) in [6.07, 6.45) is -9.03. The number of alkyl halides is 6. The summed E-state index contributed by atoms with van der Waals surface area (Å²) in [5.74, 6) is 0. The number of fused-ring (bicyclic) bond motifs is 2. The fraction of sp³-hybridized carbons (Fsp3) is 0.0714. The van der Waals surface area contributed by atoms with Crippen LogP contribution in [0.3, 0.4) is 0 Å². The van der Waals surface area contributed by atoms with Gasteiger partial charge in [0.05, 0.1) is 34.2 Å². The van der Waals surface area contributed by atoms with Gasteiger partial charge < -0.3 is 0 Å². The Morgan fingerprint density at radius 1 is 0.500 bits per heavy atom. The van der Waals surface area contributed by atoms with Crippen molar-refractivity contribution in [2.24, 2.45) is 8.73 Å². The summed E-state index contributed by atoms with van der Waals surface area (Å²) < 4.78 is 100. The molecule has 0 fully saturated rings. The Hall–Kier alpha value is -3.72. The first-order valence-electron chi connectivity index (χ1n) is 12.1. The lowest BCUT2D eigenvalue weighted by Gasteiger charge is -2.12. The highest BCUT2D eigenvalue weighted by atomic mass is 32.1. The molecule has 0 spiro atoms. The smallest absolute Gasteiger partial charge is 0.172 e. The predicted molar refractivity (Wildman–Crippen MR) is 156 cm³/mol. The Kier molecular flexibility index (Phi) is 6.42. The maximum Gasteiger partial charge on any atom is 0.417 e. The van der Waals surface area contributed by atoms with E-state index in [9.17, 15) is 26.3 Å². The van der Waals surface area contributed by atoms with Crippen molar-refractivity contribution < 1.29 is 26.3 Å². The standard InChI is InChI=1S/C28H12F6N4S4/c29-27(30,31)15-7-3-1-5-13(15)17-9-11-19(39-17)21-23-25(37-41-35-23)22(26-24(21)36-42-38-26)20-12-10-18(40-20)14-6-2-4-8-16(14)28(32,33)34/h1-12H. The number of thiophene rings is 2. The largest absolute Gasteiger partial charge is 0.417 e.